The van der Waals surface area contributed by atoms with Crippen molar-refractivity contribution >= 4 is 22.1 Å². The first-order chi connectivity index (χ1) is 15.5. The van der Waals surface area contributed by atoms with E-state index in [0.717, 1.165) is 12.8 Å². The Bertz CT molecular complexity index is 1400. The molecule has 8 heteroatoms. The maximum Gasteiger partial charge on any atom is 0.269 e. The summed E-state index contributed by atoms with van der Waals surface area (Å²) in [5.41, 5.74) is 0.118. The van der Waals surface area contributed by atoms with Crippen LogP contribution in [-0.4, -0.2) is 30.9 Å². The molecule has 0 radical (unpaired) electrons. The molecule has 4 aromatic rings. The lowest BCUT2D eigenvalue weighted by Crippen LogP contribution is -2.27. The summed E-state index contributed by atoms with van der Waals surface area (Å²) < 4.78 is 23.7. The van der Waals surface area contributed by atoms with E-state index in [4.69, 9.17) is 18.6 Å². The first-order valence-corrected chi connectivity index (χ1v) is 10.3. The summed E-state index contributed by atoms with van der Waals surface area (Å²) in [4.78, 5) is 31.2. The Hall–Kier alpha value is -3.81. The molecular formula is C24H24N2O6. The number of fused-ring (bicyclic) bond motifs is 2. The van der Waals surface area contributed by atoms with Gasteiger partial charge in [-0.15, -0.1) is 0 Å². The molecule has 166 valence electrons. The first kappa shape index (κ1) is 21.4. The number of rotatable bonds is 7. The van der Waals surface area contributed by atoms with Crippen LogP contribution in [-0.2, 0) is 6.54 Å². The van der Waals surface area contributed by atoms with Crippen molar-refractivity contribution in [3.8, 4) is 28.6 Å². The molecule has 0 saturated carbocycles. The highest BCUT2D eigenvalue weighted by Gasteiger charge is 2.21. The van der Waals surface area contributed by atoms with Gasteiger partial charge in [-0.3, -0.25) is 14.2 Å². The summed E-state index contributed by atoms with van der Waals surface area (Å²) in [5.74, 6) is 1.64. The van der Waals surface area contributed by atoms with Crippen molar-refractivity contribution in [1.82, 2.24) is 9.55 Å². The molecule has 8 nitrogen and oxygen atoms in total. The lowest BCUT2D eigenvalue weighted by Gasteiger charge is -2.17. The maximum absolute atomic E-state index is 13.5. The molecule has 32 heavy (non-hydrogen) atoms. The minimum absolute atomic E-state index is 0.00444. The standard InChI is InChI=1S/C24H24N2O6/c1-5-6-11-26-22(14-12-17(29-2)21(31-4)18(13-14)30-3)25-23-19(24(26)28)20(27)15-9-7-8-10-16(15)32-23/h7-10,12-13H,5-6,11H2,1-4H3. The summed E-state index contributed by atoms with van der Waals surface area (Å²) in [6.45, 7) is 2.43. The molecule has 0 amide bonds. The molecule has 0 spiro atoms. The highest BCUT2D eigenvalue weighted by molar-refractivity contribution is 5.88. The average molecular weight is 436 g/mol. The van der Waals surface area contributed by atoms with Gasteiger partial charge in [-0.25, -0.2) is 0 Å². The van der Waals surface area contributed by atoms with Gasteiger partial charge in [-0.2, -0.15) is 4.98 Å². The third-order valence-corrected chi connectivity index (χ3v) is 5.36. The van der Waals surface area contributed by atoms with Gasteiger partial charge in [0.05, 0.1) is 26.7 Å². The van der Waals surface area contributed by atoms with E-state index in [1.54, 1.807) is 36.4 Å². The SMILES string of the molecule is CCCCn1c(-c2cc(OC)c(OC)c(OC)c2)nc2oc3ccccc3c(=O)c2c1=O. The first-order valence-electron chi connectivity index (χ1n) is 10.3. The fourth-order valence-electron chi connectivity index (χ4n) is 3.74. The number of para-hydroxylation sites is 1. The van der Waals surface area contributed by atoms with Crippen LogP contribution in [0, 0.1) is 0 Å². The fourth-order valence-corrected chi connectivity index (χ4v) is 3.74. The molecule has 0 aliphatic carbocycles. The average Bonchev–Trinajstić information content (AvgIpc) is 2.82. The van der Waals surface area contributed by atoms with E-state index >= 15 is 0 Å². The summed E-state index contributed by atoms with van der Waals surface area (Å²) in [6.07, 6.45) is 1.61. The van der Waals surface area contributed by atoms with Gasteiger partial charge < -0.3 is 18.6 Å². The smallest absolute Gasteiger partial charge is 0.269 e. The lowest BCUT2D eigenvalue weighted by atomic mass is 10.1. The highest BCUT2D eigenvalue weighted by Crippen LogP contribution is 2.40. The Balaban J connectivity index is 2.10. The molecule has 2 aromatic carbocycles. The predicted molar refractivity (Wildman–Crippen MR) is 122 cm³/mol. The number of hydrogen-bond donors (Lipinski definition) is 0. The molecule has 0 aliphatic rings. The van der Waals surface area contributed by atoms with Crippen LogP contribution < -0.4 is 25.2 Å². The Labute approximate surface area is 184 Å². The molecule has 2 aromatic heterocycles. The number of hydrogen-bond acceptors (Lipinski definition) is 7. The monoisotopic (exact) mass is 436 g/mol. The Morgan fingerprint density at radius 3 is 2.31 bits per heavy atom. The Morgan fingerprint density at radius 1 is 1.00 bits per heavy atom. The molecule has 0 unspecified atom stereocenters. The molecule has 0 saturated heterocycles. The van der Waals surface area contributed by atoms with Crippen LogP contribution >= 0.6 is 0 Å². The van der Waals surface area contributed by atoms with Crippen molar-refractivity contribution < 1.29 is 18.6 Å². The summed E-state index contributed by atoms with van der Waals surface area (Å²) in [5, 5.41) is 0.289. The fraction of sp³-hybridized carbons (Fsp3) is 0.292. The van der Waals surface area contributed by atoms with Crippen molar-refractivity contribution in [2.45, 2.75) is 26.3 Å². The van der Waals surface area contributed by atoms with Crippen LogP contribution in [0.4, 0.5) is 0 Å². The second-order valence-corrected chi connectivity index (χ2v) is 7.27. The number of aromatic nitrogens is 2. The zero-order valence-electron chi connectivity index (χ0n) is 18.4. The van der Waals surface area contributed by atoms with E-state index in [-0.39, 0.29) is 16.5 Å². The van der Waals surface area contributed by atoms with Crippen LogP contribution in [0.5, 0.6) is 17.2 Å². The van der Waals surface area contributed by atoms with Crippen LogP contribution in [0.1, 0.15) is 19.8 Å². The van der Waals surface area contributed by atoms with Gasteiger partial charge in [0.15, 0.2) is 16.9 Å². The van der Waals surface area contributed by atoms with Crippen molar-refractivity contribution in [1.29, 1.82) is 0 Å². The highest BCUT2D eigenvalue weighted by atomic mass is 16.5. The van der Waals surface area contributed by atoms with E-state index in [1.807, 2.05) is 6.92 Å². The van der Waals surface area contributed by atoms with Crippen LogP contribution in [0.2, 0.25) is 0 Å². The van der Waals surface area contributed by atoms with E-state index in [9.17, 15) is 9.59 Å². The largest absolute Gasteiger partial charge is 0.493 e. The van der Waals surface area contributed by atoms with E-state index in [1.165, 1.54) is 25.9 Å². The second kappa shape index (κ2) is 8.74. The van der Waals surface area contributed by atoms with Gasteiger partial charge in [0, 0.05) is 12.1 Å². The lowest BCUT2D eigenvalue weighted by molar-refractivity contribution is 0.324. The van der Waals surface area contributed by atoms with Gasteiger partial charge in [0.2, 0.25) is 16.9 Å². The van der Waals surface area contributed by atoms with Crippen molar-refractivity contribution in [3.63, 3.8) is 0 Å². The summed E-state index contributed by atoms with van der Waals surface area (Å²) in [7, 11) is 4.56. The minimum atomic E-state index is -0.438. The minimum Gasteiger partial charge on any atom is -0.493 e. The zero-order chi connectivity index (χ0) is 22.8. The Kier molecular flexibility index (Phi) is 5.85. The quantitative estimate of drug-likeness (QED) is 0.404. The maximum atomic E-state index is 13.5. The zero-order valence-corrected chi connectivity index (χ0v) is 18.4. The van der Waals surface area contributed by atoms with Crippen molar-refractivity contribution in [2.24, 2.45) is 0 Å². The molecule has 0 bridgehead atoms. The number of ether oxygens (including phenoxy) is 3. The molecule has 0 aliphatic heterocycles. The van der Waals surface area contributed by atoms with E-state index in [0.29, 0.717) is 46.2 Å². The van der Waals surface area contributed by atoms with Gasteiger partial charge in [0.1, 0.15) is 11.4 Å². The second-order valence-electron chi connectivity index (χ2n) is 7.27. The number of methoxy groups -OCH3 is 3. The predicted octanol–water partition coefficient (Wildman–Crippen LogP) is 4.00. The molecule has 0 N–H and O–H groups in total. The molecule has 4 rings (SSSR count). The van der Waals surface area contributed by atoms with Gasteiger partial charge >= 0.3 is 0 Å². The normalized spacial score (nSPS) is 11.1. The number of nitrogens with zero attached hydrogens (tertiary/aromatic N) is 2. The van der Waals surface area contributed by atoms with Gasteiger partial charge in [-0.05, 0) is 30.7 Å². The van der Waals surface area contributed by atoms with Crippen molar-refractivity contribution in [3.05, 3.63) is 57.0 Å². The summed E-state index contributed by atoms with van der Waals surface area (Å²) >= 11 is 0. The van der Waals surface area contributed by atoms with Gasteiger partial charge in [0.25, 0.3) is 5.56 Å². The molecular weight excluding hydrogens is 412 g/mol. The molecule has 0 atom stereocenters. The van der Waals surface area contributed by atoms with Crippen LogP contribution in [0.3, 0.4) is 0 Å². The van der Waals surface area contributed by atoms with E-state index in [2.05, 4.69) is 4.98 Å². The van der Waals surface area contributed by atoms with Gasteiger partial charge in [-0.1, -0.05) is 25.5 Å². The van der Waals surface area contributed by atoms with E-state index < -0.39 is 5.56 Å². The topological polar surface area (TPSA) is 92.8 Å². The molecule has 0 fully saturated rings. The van der Waals surface area contributed by atoms with Crippen LogP contribution in [0.25, 0.3) is 33.5 Å². The number of benzene rings is 2. The van der Waals surface area contributed by atoms with Crippen molar-refractivity contribution in [2.75, 3.05) is 21.3 Å². The Morgan fingerprint density at radius 2 is 1.69 bits per heavy atom. The third kappa shape index (κ3) is 3.47. The number of unbranched alkanes of at least 4 members (excludes halogenated alkanes) is 1. The summed E-state index contributed by atoms with van der Waals surface area (Å²) in [6, 6.07) is 10.3. The van der Waals surface area contributed by atoms with Crippen LogP contribution in [0.15, 0.2) is 50.4 Å². The molecule has 2 heterocycles. The third-order valence-electron chi connectivity index (χ3n) is 5.36.